The Balaban J connectivity index is 1.53. The van der Waals surface area contributed by atoms with Crippen LogP contribution in [-0.2, 0) is 14.3 Å². The summed E-state index contributed by atoms with van der Waals surface area (Å²) in [4.78, 5) is 24.0. The van der Waals surface area contributed by atoms with Crippen LogP contribution in [0, 0.1) is 13.8 Å². The highest BCUT2D eigenvalue weighted by atomic mass is 35.5. The van der Waals surface area contributed by atoms with E-state index in [1.165, 1.54) is 6.07 Å². The Morgan fingerprint density at radius 3 is 2.77 bits per heavy atom. The van der Waals surface area contributed by atoms with Crippen molar-refractivity contribution in [2.45, 2.75) is 19.0 Å². The first kappa shape index (κ1) is 22.1. The van der Waals surface area contributed by atoms with Crippen molar-refractivity contribution in [1.82, 2.24) is 20.2 Å². The number of nitrogens with zero attached hydrogens (tertiary/aromatic N) is 4. The van der Waals surface area contributed by atoms with E-state index in [2.05, 4.69) is 20.8 Å². The van der Waals surface area contributed by atoms with Crippen LogP contribution in [0.15, 0.2) is 41.6 Å². The zero-order valence-electron chi connectivity index (χ0n) is 16.1. The molecular weight excluding hydrogens is 449 g/mol. The molecule has 0 atom stereocenters. The van der Waals surface area contributed by atoms with E-state index in [1.54, 1.807) is 16.8 Å². The number of aromatic nitrogens is 4. The quantitative estimate of drug-likeness (QED) is 0.417. The molecule has 11 heteroatoms. The number of carbonyl (C=O) groups excluding carboxylic acids is 2. The molecule has 1 aromatic heterocycles. The van der Waals surface area contributed by atoms with Crippen molar-refractivity contribution in [2.24, 2.45) is 0 Å². The molecule has 1 amide bonds. The molecule has 0 aliphatic carbocycles. The minimum atomic E-state index is -0.581. The molecule has 30 heavy (non-hydrogen) atoms. The topological polar surface area (TPSA) is 99.0 Å². The van der Waals surface area contributed by atoms with Crippen LogP contribution in [0.1, 0.15) is 11.1 Å². The highest BCUT2D eigenvalue weighted by molar-refractivity contribution is 7.99. The van der Waals surface area contributed by atoms with Gasteiger partial charge in [0.25, 0.3) is 5.91 Å². The summed E-state index contributed by atoms with van der Waals surface area (Å²) in [7, 11) is 0. The molecule has 0 radical (unpaired) electrons. The molecule has 0 aliphatic rings. The highest BCUT2D eigenvalue weighted by Gasteiger charge is 2.15. The number of esters is 1. The van der Waals surface area contributed by atoms with Crippen LogP contribution in [0.5, 0.6) is 0 Å². The highest BCUT2D eigenvalue weighted by Crippen LogP contribution is 2.25. The van der Waals surface area contributed by atoms with Gasteiger partial charge in [-0.1, -0.05) is 47.1 Å². The van der Waals surface area contributed by atoms with Crippen LogP contribution in [0.25, 0.3) is 5.69 Å². The SMILES string of the molecule is Cc1ccc(C)c(-n2nnnc2SCC(=O)OCC(=O)Nc2cc(Cl)ccc2Cl)c1. The summed E-state index contributed by atoms with van der Waals surface area (Å²) in [5.41, 5.74) is 3.22. The predicted octanol–water partition coefficient (Wildman–Crippen LogP) is 3.86. The number of rotatable bonds is 7. The molecular formula is C19H17Cl2N5O3S. The number of carbonyl (C=O) groups is 2. The largest absolute Gasteiger partial charge is 0.455 e. The lowest BCUT2D eigenvalue weighted by Crippen LogP contribution is -2.21. The number of benzene rings is 2. The van der Waals surface area contributed by atoms with Gasteiger partial charge in [-0.2, -0.15) is 4.68 Å². The number of thioether (sulfide) groups is 1. The normalized spacial score (nSPS) is 10.7. The van der Waals surface area contributed by atoms with Gasteiger partial charge in [-0.25, -0.2) is 0 Å². The molecule has 2 aromatic carbocycles. The minimum absolute atomic E-state index is 0.0591. The van der Waals surface area contributed by atoms with E-state index in [0.717, 1.165) is 28.6 Å². The summed E-state index contributed by atoms with van der Waals surface area (Å²) >= 11 is 13.0. The number of anilines is 1. The van der Waals surface area contributed by atoms with E-state index < -0.39 is 18.5 Å². The lowest BCUT2D eigenvalue weighted by atomic mass is 10.1. The van der Waals surface area contributed by atoms with Gasteiger partial charge in [0, 0.05) is 5.02 Å². The molecule has 1 heterocycles. The van der Waals surface area contributed by atoms with Gasteiger partial charge >= 0.3 is 5.97 Å². The lowest BCUT2D eigenvalue weighted by Gasteiger charge is -2.09. The fourth-order valence-corrected chi connectivity index (χ4v) is 3.48. The third-order valence-electron chi connectivity index (χ3n) is 3.92. The number of nitrogens with one attached hydrogen (secondary N) is 1. The van der Waals surface area contributed by atoms with E-state index >= 15 is 0 Å². The maximum Gasteiger partial charge on any atom is 0.316 e. The predicted molar refractivity (Wildman–Crippen MR) is 115 cm³/mol. The third kappa shape index (κ3) is 5.71. The van der Waals surface area contributed by atoms with Crippen molar-refractivity contribution in [3.8, 4) is 5.69 Å². The number of hydrogen-bond donors (Lipinski definition) is 1. The van der Waals surface area contributed by atoms with Crippen molar-refractivity contribution in [3.63, 3.8) is 0 Å². The van der Waals surface area contributed by atoms with Crippen LogP contribution >= 0.6 is 35.0 Å². The molecule has 0 aliphatic heterocycles. The zero-order valence-corrected chi connectivity index (χ0v) is 18.4. The number of ether oxygens (including phenoxy) is 1. The zero-order chi connectivity index (χ0) is 21.7. The standard InChI is InChI=1S/C19H17Cl2N5O3S/c1-11-3-4-12(2)16(7-11)26-19(23-24-25-26)30-10-18(28)29-9-17(27)22-15-8-13(20)5-6-14(15)21/h3-8H,9-10H2,1-2H3,(H,22,27). The van der Waals surface area contributed by atoms with E-state index in [-0.39, 0.29) is 5.75 Å². The second kappa shape index (κ2) is 9.92. The Morgan fingerprint density at radius 1 is 1.17 bits per heavy atom. The first-order chi connectivity index (χ1) is 14.3. The molecule has 156 valence electrons. The minimum Gasteiger partial charge on any atom is -0.455 e. The van der Waals surface area contributed by atoms with E-state index in [9.17, 15) is 9.59 Å². The number of halogens is 2. The Bertz CT molecular complexity index is 1090. The van der Waals surface area contributed by atoms with Crippen LogP contribution in [0.2, 0.25) is 10.0 Å². The lowest BCUT2D eigenvalue weighted by molar-refractivity contribution is -0.144. The van der Waals surface area contributed by atoms with Gasteiger partial charge in [0.15, 0.2) is 6.61 Å². The number of hydrogen-bond acceptors (Lipinski definition) is 7. The molecule has 0 saturated heterocycles. The summed E-state index contributed by atoms with van der Waals surface area (Å²) in [5.74, 6) is -1.17. The van der Waals surface area contributed by atoms with E-state index in [4.69, 9.17) is 27.9 Å². The maximum atomic E-state index is 12.0. The summed E-state index contributed by atoms with van der Waals surface area (Å²) in [6.45, 7) is 3.47. The second-order valence-corrected chi connectivity index (χ2v) is 8.07. The van der Waals surface area contributed by atoms with Crippen LogP contribution in [-0.4, -0.2) is 44.4 Å². The number of aryl methyl sites for hydroxylation is 2. The first-order valence-corrected chi connectivity index (χ1v) is 10.5. The average molecular weight is 466 g/mol. The molecule has 3 rings (SSSR count). The van der Waals surface area contributed by atoms with Gasteiger partial charge in [0.2, 0.25) is 5.16 Å². The Hall–Kier alpha value is -2.62. The summed E-state index contributed by atoms with van der Waals surface area (Å²) in [6, 6.07) is 10.6. The molecule has 0 fully saturated rings. The Morgan fingerprint density at radius 2 is 1.97 bits per heavy atom. The molecule has 0 spiro atoms. The molecule has 8 nitrogen and oxygen atoms in total. The van der Waals surface area contributed by atoms with Crippen molar-refractivity contribution >= 4 is 52.5 Å². The summed E-state index contributed by atoms with van der Waals surface area (Å²) in [6.07, 6.45) is 0. The Kier molecular flexibility index (Phi) is 7.30. The van der Waals surface area contributed by atoms with Gasteiger partial charge in [-0.3, -0.25) is 9.59 Å². The molecule has 0 bridgehead atoms. The maximum absolute atomic E-state index is 12.0. The van der Waals surface area contributed by atoms with E-state index in [0.29, 0.717) is 20.9 Å². The number of tetrazole rings is 1. The Labute approximate surface area is 186 Å². The van der Waals surface area contributed by atoms with Crippen LogP contribution < -0.4 is 5.32 Å². The molecule has 3 aromatic rings. The average Bonchev–Trinajstić information content (AvgIpc) is 3.18. The summed E-state index contributed by atoms with van der Waals surface area (Å²) in [5, 5.41) is 15.4. The molecule has 0 unspecified atom stereocenters. The second-order valence-electron chi connectivity index (χ2n) is 6.28. The fraction of sp³-hybridized carbons (Fsp3) is 0.211. The first-order valence-electron chi connectivity index (χ1n) is 8.73. The monoisotopic (exact) mass is 465 g/mol. The molecule has 0 saturated carbocycles. The van der Waals surface area contributed by atoms with Crippen LogP contribution in [0.4, 0.5) is 5.69 Å². The van der Waals surface area contributed by atoms with Crippen molar-refractivity contribution in [1.29, 1.82) is 0 Å². The van der Waals surface area contributed by atoms with Crippen molar-refractivity contribution in [3.05, 3.63) is 57.6 Å². The van der Waals surface area contributed by atoms with Crippen molar-refractivity contribution < 1.29 is 14.3 Å². The van der Waals surface area contributed by atoms with E-state index in [1.807, 2.05) is 32.0 Å². The van der Waals surface area contributed by atoms with Gasteiger partial charge in [0.05, 0.1) is 22.2 Å². The van der Waals surface area contributed by atoms with Crippen molar-refractivity contribution in [2.75, 3.05) is 17.7 Å². The third-order valence-corrected chi connectivity index (χ3v) is 5.38. The fourth-order valence-electron chi connectivity index (χ4n) is 2.46. The summed E-state index contributed by atoms with van der Waals surface area (Å²) < 4.78 is 6.57. The van der Waals surface area contributed by atoms with Gasteiger partial charge in [-0.05, 0) is 59.7 Å². The van der Waals surface area contributed by atoms with Gasteiger partial charge in [-0.15, -0.1) is 5.10 Å². The number of amides is 1. The van der Waals surface area contributed by atoms with Gasteiger partial charge in [0.1, 0.15) is 0 Å². The van der Waals surface area contributed by atoms with Crippen LogP contribution in [0.3, 0.4) is 0 Å². The van der Waals surface area contributed by atoms with Gasteiger partial charge < -0.3 is 10.1 Å². The smallest absolute Gasteiger partial charge is 0.316 e. The molecule has 1 N–H and O–H groups in total.